The normalized spacial score (nSPS) is 18.8. The number of likely N-dealkylation sites (tertiary alicyclic amines) is 1. The molecule has 0 unspecified atom stereocenters. The van der Waals surface area contributed by atoms with E-state index in [-0.39, 0.29) is 5.56 Å². The Bertz CT molecular complexity index is 780. The van der Waals surface area contributed by atoms with Gasteiger partial charge in [0.05, 0.1) is 6.33 Å². The maximum Gasteiger partial charge on any atom is 0.253 e. The van der Waals surface area contributed by atoms with Gasteiger partial charge in [-0.3, -0.25) is 9.36 Å². The van der Waals surface area contributed by atoms with Crippen molar-refractivity contribution in [2.75, 3.05) is 24.5 Å². The van der Waals surface area contributed by atoms with Crippen molar-refractivity contribution in [3.63, 3.8) is 0 Å². The van der Waals surface area contributed by atoms with Gasteiger partial charge < -0.3 is 9.80 Å². The quantitative estimate of drug-likeness (QED) is 0.783. The van der Waals surface area contributed by atoms with Gasteiger partial charge in [0.1, 0.15) is 12.1 Å². The van der Waals surface area contributed by atoms with Gasteiger partial charge in [0, 0.05) is 56.2 Å². The monoisotopic (exact) mass is 354 g/mol. The van der Waals surface area contributed by atoms with Crippen LogP contribution in [0.25, 0.3) is 0 Å². The number of aryl methyl sites for hydroxylation is 1. The van der Waals surface area contributed by atoms with E-state index in [0.29, 0.717) is 18.6 Å². The van der Waals surface area contributed by atoms with E-state index in [4.69, 9.17) is 0 Å². The zero-order valence-electron chi connectivity index (χ0n) is 15.3. The molecule has 26 heavy (non-hydrogen) atoms. The zero-order chi connectivity index (χ0) is 17.9. The number of rotatable bonds is 6. The molecule has 0 bridgehead atoms. The Balaban J connectivity index is 1.33. The number of hydrogen-bond donors (Lipinski definition) is 0. The van der Waals surface area contributed by atoms with E-state index in [9.17, 15) is 4.79 Å². The minimum Gasteiger partial charge on any atom is -0.350 e. The Morgan fingerprint density at radius 2 is 1.88 bits per heavy atom. The average molecular weight is 354 g/mol. The summed E-state index contributed by atoms with van der Waals surface area (Å²) in [4.78, 5) is 29.7. The first-order valence-electron chi connectivity index (χ1n) is 9.50. The van der Waals surface area contributed by atoms with Crippen molar-refractivity contribution >= 4 is 5.82 Å². The molecule has 7 nitrogen and oxygen atoms in total. The van der Waals surface area contributed by atoms with Crippen LogP contribution in [0, 0.1) is 6.92 Å². The first-order valence-corrected chi connectivity index (χ1v) is 9.50. The highest BCUT2D eigenvalue weighted by molar-refractivity contribution is 5.41. The molecule has 2 aliphatic rings. The lowest BCUT2D eigenvalue weighted by atomic mass is 10.0. The maximum absolute atomic E-state index is 12.0. The van der Waals surface area contributed by atoms with Gasteiger partial charge in [-0.1, -0.05) is 0 Å². The summed E-state index contributed by atoms with van der Waals surface area (Å²) in [5.41, 5.74) is 0.813. The van der Waals surface area contributed by atoms with Crippen LogP contribution in [-0.2, 0) is 6.54 Å². The fraction of sp³-hybridized carbons (Fsp3) is 0.579. The van der Waals surface area contributed by atoms with Crippen LogP contribution in [0.15, 0.2) is 35.8 Å². The van der Waals surface area contributed by atoms with Crippen molar-refractivity contribution in [1.29, 1.82) is 0 Å². The molecule has 1 aliphatic heterocycles. The van der Waals surface area contributed by atoms with Gasteiger partial charge in [-0.2, -0.15) is 0 Å². The van der Waals surface area contributed by atoms with Crippen molar-refractivity contribution < 1.29 is 0 Å². The van der Waals surface area contributed by atoms with E-state index in [1.807, 2.05) is 19.2 Å². The number of hydrogen-bond acceptors (Lipinski definition) is 6. The summed E-state index contributed by atoms with van der Waals surface area (Å²) in [6.45, 7) is 5.57. The van der Waals surface area contributed by atoms with Gasteiger partial charge in [-0.05, 0) is 38.7 Å². The molecule has 0 spiro atoms. The molecule has 2 aromatic heterocycles. The summed E-state index contributed by atoms with van der Waals surface area (Å²) < 4.78 is 1.70. The molecule has 4 rings (SSSR count). The standard InChI is InChI=1S/C19H26N6O/c1-15-12-19(26)24(14-22-15)11-10-23-8-5-17(6-9-23)25(16-2-3-16)18-4-7-20-13-21-18/h4,7,12-14,16-17H,2-3,5-6,8-11H2,1H3. The largest absolute Gasteiger partial charge is 0.350 e. The Morgan fingerprint density at radius 3 is 2.54 bits per heavy atom. The number of nitrogens with zero attached hydrogens (tertiary/aromatic N) is 6. The Labute approximate surface area is 153 Å². The van der Waals surface area contributed by atoms with Crippen LogP contribution in [-0.4, -0.2) is 56.1 Å². The summed E-state index contributed by atoms with van der Waals surface area (Å²) in [6, 6.07) is 4.83. The second-order valence-corrected chi connectivity index (χ2v) is 7.34. The second kappa shape index (κ2) is 7.53. The van der Waals surface area contributed by atoms with Gasteiger partial charge in [-0.15, -0.1) is 0 Å². The van der Waals surface area contributed by atoms with E-state index < -0.39 is 0 Å². The third-order valence-electron chi connectivity index (χ3n) is 5.39. The zero-order valence-corrected chi connectivity index (χ0v) is 15.3. The predicted octanol–water partition coefficient (Wildman–Crippen LogP) is 1.48. The molecule has 0 N–H and O–H groups in total. The molecular weight excluding hydrogens is 328 g/mol. The molecule has 1 saturated carbocycles. The fourth-order valence-electron chi connectivity index (χ4n) is 3.82. The minimum absolute atomic E-state index is 0.0380. The van der Waals surface area contributed by atoms with Gasteiger partial charge in [-0.25, -0.2) is 15.0 Å². The molecule has 2 aromatic rings. The average Bonchev–Trinajstić information content (AvgIpc) is 3.48. The molecular formula is C19H26N6O. The van der Waals surface area contributed by atoms with Crippen LogP contribution in [0.2, 0.25) is 0 Å². The van der Waals surface area contributed by atoms with Crippen LogP contribution in [0.1, 0.15) is 31.4 Å². The summed E-state index contributed by atoms with van der Waals surface area (Å²) in [6.07, 6.45) is 9.96. The lowest BCUT2D eigenvalue weighted by molar-refractivity contribution is 0.200. The summed E-state index contributed by atoms with van der Waals surface area (Å²) >= 11 is 0. The van der Waals surface area contributed by atoms with Crippen LogP contribution in [0.4, 0.5) is 5.82 Å². The highest BCUT2D eigenvalue weighted by Gasteiger charge is 2.36. The van der Waals surface area contributed by atoms with Crippen molar-refractivity contribution in [2.24, 2.45) is 0 Å². The SMILES string of the molecule is Cc1cc(=O)n(CCN2CCC(N(c3ccncn3)C3CC3)CC2)cn1. The lowest BCUT2D eigenvalue weighted by Gasteiger charge is -2.39. The summed E-state index contributed by atoms with van der Waals surface area (Å²) in [7, 11) is 0. The first kappa shape index (κ1) is 17.1. The van der Waals surface area contributed by atoms with Gasteiger partial charge in [0.25, 0.3) is 5.56 Å². The molecule has 7 heteroatoms. The molecule has 0 aromatic carbocycles. The van der Waals surface area contributed by atoms with Crippen molar-refractivity contribution in [3.05, 3.63) is 47.0 Å². The number of piperidine rings is 1. The van der Waals surface area contributed by atoms with Crippen LogP contribution in [0.3, 0.4) is 0 Å². The van der Waals surface area contributed by atoms with E-state index >= 15 is 0 Å². The molecule has 3 heterocycles. The topological polar surface area (TPSA) is 67.2 Å². The van der Waals surface area contributed by atoms with Crippen molar-refractivity contribution in [1.82, 2.24) is 24.4 Å². The van der Waals surface area contributed by atoms with Gasteiger partial charge >= 0.3 is 0 Å². The van der Waals surface area contributed by atoms with Gasteiger partial charge in [0.2, 0.25) is 0 Å². The molecule has 0 radical (unpaired) electrons. The summed E-state index contributed by atoms with van der Waals surface area (Å²) in [5.74, 6) is 1.07. The van der Waals surface area contributed by atoms with Crippen LogP contribution < -0.4 is 10.5 Å². The van der Waals surface area contributed by atoms with Crippen molar-refractivity contribution in [3.8, 4) is 0 Å². The predicted molar refractivity (Wildman–Crippen MR) is 100 cm³/mol. The second-order valence-electron chi connectivity index (χ2n) is 7.34. The van der Waals surface area contributed by atoms with Crippen molar-refractivity contribution in [2.45, 2.75) is 51.2 Å². The lowest BCUT2D eigenvalue weighted by Crippen LogP contribution is -2.47. The molecule has 1 aliphatic carbocycles. The molecule has 138 valence electrons. The smallest absolute Gasteiger partial charge is 0.253 e. The highest BCUT2D eigenvalue weighted by Crippen LogP contribution is 2.34. The Kier molecular flexibility index (Phi) is 4.97. The van der Waals surface area contributed by atoms with Crippen LogP contribution >= 0.6 is 0 Å². The number of aromatic nitrogens is 4. The summed E-state index contributed by atoms with van der Waals surface area (Å²) in [5, 5.41) is 0. The first-order chi connectivity index (χ1) is 12.7. The number of anilines is 1. The molecule has 2 fully saturated rings. The van der Waals surface area contributed by atoms with Gasteiger partial charge in [0.15, 0.2) is 0 Å². The van der Waals surface area contributed by atoms with Crippen LogP contribution in [0.5, 0.6) is 0 Å². The van der Waals surface area contributed by atoms with E-state index in [2.05, 4.69) is 24.8 Å². The maximum atomic E-state index is 12.0. The third kappa shape index (κ3) is 3.93. The Hall–Kier alpha value is -2.28. The highest BCUT2D eigenvalue weighted by atomic mass is 16.1. The third-order valence-corrected chi connectivity index (χ3v) is 5.39. The fourth-order valence-corrected chi connectivity index (χ4v) is 3.82. The molecule has 0 atom stereocenters. The van der Waals surface area contributed by atoms with E-state index in [1.54, 1.807) is 23.3 Å². The Morgan fingerprint density at radius 1 is 1.12 bits per heavy atom. The minimum atomic E-state index is 0.0380. The van der Waals surface area contributed by atoms with E-state index in [0.717, 1.165) is 44.0 Å². The van der Waals surface area contributed by atoms with E-state index in [1.165, 1.54) is 12.8 Å². The molecule has 1 saturated heterocycles. The molecule has 0 amide bonds.